The van der Waals surface area contributed by atoms with Crippen molar-refractivity contribution in [3.8, 4) is 6.07 Å². The van der Waals surface area contributed by atoms with Crippen LogP contribution in [0.4, 0.5) is 8.78 Å². The Hall–Kier alpha value is -2.54. The Morgan fingerprint density at radius 3 is 2.28 bits per heavy atom. The number of hydrogen-bond acceptors (Lipinski definition) is 2. The van der Waals surface area contributed by atoms with Crippen molar-refractivity contribution in [3.63, 3.8) is 0 Å². The maximum atomic E-state index is 13.0. The van der Waals surface area contributed by atoms with Gasteiger partial charge in [-0.3, -0.25) is 4.79 Å². The van der Waals surface area contributed by atoms with Gasteiger partial charge in [0.15, 0.2) is 5.78 Å². The number of benzene rings is 2. The molecule has 0 aliphatic rings. The van der Waals surface area contributed by atoms with E-state index in [2.05, 4.69) is 0 Å². The maximum Gasteiger partial charge on any atom is 0.193 e. The first kappa shape index (κ1) is 11.9. The monoisotopic (exact) mass is 243 g/mol. The maximum absolute atomic E-state index is 13.0. The van der Waals surface area contributed by atoms with Crippen LogP contribution in [-0.2, 0) is 0 Å². The molecular weight excluding hydrogens is 236 g/mol. The highest BCUT2D eigenvalue weighted by Gasteiger charge is 2.12. The van der Waals surface area contributed by atoms with Gasteiger partial charge in [-0.2, -0.15) is 5.26 Å². The average Bonchev–Trinajstić information content (AvgIpc) is 2.37. The van der Waals surface area contributed by atoms with Crippen molar-refractivity contribution in [1.82, 2.24) is 0 Å². The minimum Gasteiger partial charge on any atom is -0.289 e. The van der Waals surface area contributed by atoms with Crippen LogP contribution in [0, 0.1) is 23.0 Å². The topological polar surface area (TPSA) is 40.9 Å². The lowest BCUT2D eigenvalue weighted by atomic mass is 10.0. The van der Waals surface area contributed by atoms with Gasteiger partial charge < -0.3 is 0 Å². The van der Waals surface area contributed by atoms with Crippen molar-refractivity contribution in [2.45, 2.75) is 0 Å². The molecule has 4 heteroatoms. The van der Waals surface area contributed by atoms with Crippen LogP contribution in [0.3, 0.4) is 0 Å². The third-order valence-electron chi connectivity index (χ3n) is 2.38. The van der Waals surface area contributed by atoms with Crippen LogP contribution in [-0.4, -0.2) is 5.78 Å². The normalized spacial score (nSPS) is 9.83. The molecule has 2 aromatic carbocycles. The molecule has 0 aromatic heterocycles. The van der Waals surface area contributed by atoms with Gasteiger partial charge in [0, 0.05) is 17.2 Å². The number of halogens is 2. The fourth-order valence-corrected chi connectivity index (χ4v) is 1.58. The summed E-state index contributed by atoms with van der Waals surface area (Å²) in [6.07, 6.45) is 0. The molecule has 0 heterocycles. The Kier molecular flexibility index (Phi) is 3.16. The van der Waals surface area contributed by atoms with Crippen LogP contribution in [0.2, 0.25) is 0 Å². The summed E-state index contributed by atoms with van der Waals surface area (Å²) in [5, 5.41) is 8.72. The van der Waals surface area contributed by atoms with E-state index in [0.717, 1.165) is 12.1 Å². The van der Waals surface area contributed by atoms with E-state index in [0.29, 0.717) is 11.6 Å². The van der Waals surface area contributed by atoms with Crippen molar-refractivity contribution >= 4 is 5.78 Å². The summed E-state index contributed by atoms with van der Waals surface area (Å²) in [5.74, 6) is -2.14. The second-order valence-electron chi connectivity index (χ2n) is 3.68. The van der Waals surface area contributed by atoms with Crippen molar-refractivity contribution in [3.05, 3.63) is 70.8 Å². The highest BCUT2D eigenvalue weighted by atomic mass is 19.1. The SMILES string of the molecule is N#Cc1cccc(C(=O)c2cc(F)cc(F)c2)c1. The number of nitriles is 1. The second kappa shape index (κ2) is 4.76. The zero-order chi connectivity index (χ0) is 13.1. The third kappa shape index (κ3) is 2.41. The molecule has 2 rings (SSSR count). The Morgan fingerprint density at radius 2 is 1.67 bits per heavy atom. The fraction of sp³-hybridized carbons (Fsp3) is 0. The first-order chi connectivity index (χ1) is 8.60. The molecule has 0 atom stereocenters. The molecule has 0 aliphatic carbocycles. The first-order valence-corrected chi connectivity index (χ1v) is 5.11. The van der Waals surface area contributed by atoms with E-state index in [-0.39, 0.29) is 11.1 Å². The smallest absolute Gasteiger partial charge is 0.193 e. The van der Waals surface area contributed by atoms with E-state index in [1.165, 1.54) is 12.1 Å². The van der Waals surface area contributed by atoms with Crippen LogP contribution >= 0.6 is 0 Å². The zero-order valence-corrected chi connectivity index (χ0v) is 9.15. The Labute approximate surface area is 102 Å². The van der Waals surface area contributed by atoms with Crippen molar-refractivity contribution < 1.29 is 13.6 Å². The summed E-state index contributed by atoms with van der Waals surface area (Å²) in [4.78, 5) is 12.0. The van der Waals surface area contributed by atoms with Gasteiger partial charge in [-0.25, -0.2) is 8.78 Å². The van der Waals surface area contributed by atoms with Gasteiger partial charge >= 0.3 is 0 Å². The molecule has 0 saturated heterocycles. The number of carbonyl (C=O) groups excluding carboxylic acids is 1. The van der Waals surface area contributed by atoms with Gasteiger partial charge in [-0.05, 0) is 24.3 Å². The molecule has 0 saturated carbocycles. The van der Waals surface area contributed by atoms with E-state index in [9.17, 15) is 13.6 Å². The molecule has 88 valence electrons. The standard InChI is InChI=1S/C14H7F2NO/c15-12-5-11(6-13(16)7-12)14(18)10-3-1-2-9(4-10)8-17/h1-7H. The molecule has 0 unspecified atom stereocenters. The number of carbonyl (C=O) groups is 1. The predicted molar refractivity (Wildman–Crippen MR) is 60.9 cm³/mol. The molecule has 2 nitrogen and oxygen atoms in total. The van der Waals surface area contributed by atoms with Crippen LogP contribution in [0.1, 0.15) is 21.5 Å². The number of hydrogen-bond donors (Lipinski definition) is 0. The largest absolute Gasteiger partial charge is 0.289 e. The van der Waals surface area contributed by atoms with E-state index >= 15 is 0 Å². The quantitative estimate of drug-likeness (QED) is 0.760. The van der Waals surface area contributed by atoms with Gasteiger partial charge in [0.1, 0.15) is 11.6 Å². The highest BCUT2D eigenvalue weighted by molar-refractivity contribution is 6.09. The van der Waals surface area contributed by atoms with Gasteiger partial charge in [0.2, 0.25) is 0 Å². The second-order valence-corrected chi connectivity index (χ2v) is 3.68. The van der Waals surface area contributed by atoms with Gasteiger partial charge in [0.05, 0.1) is 11.6 Å². The minimum absolute atomic E-state index is 0.0809. The van der Waals surface area contributed by atoms with Gasteiger partial charge in [-0.15, -0.1) is 0 Å². The van der Waals surface area contributed by atoms with Crippen LogP contribution in [0.25, 0.3) is 0 Å². The molecule has 0 fully saturated rings. The molecule has 0 N–H and O–H groups in total. The van der Waals surface area contributed by atoms with E-state index in [4.69, 9.17) is 5.26 Å². The van der Waals surface area contributed by atoms with Crippen molar-refractivity contribution in [1.29, 1.82) is 5.26 Å². The van der Waals surface area contributed by atoms with Crippen LogP contribution < -0.4 is 0 Å². The molecule has 0 amide bonds. The van der Waals surface area contributed by atoms with E-state index in [1.54, 1.807) is 12.1 Å². The summed E-state index contributed by atoms with van der Waals surface area (Å²) in [6.45, 7) is 0. The van der Waals surface area contributed by atoms with E-state index < -0.39 is 17.4 Å². The van der Waals surface area contributed by atoms with Crippen molar-refractivity contribution in [2.24, 2.45) is 0 Å². The summed E-state index contributed by atoms with van der Waals surface area (Å²) in [5.41, 5.74) is 0.458. The molecule has 0 aliphatic heterocycles. The number of rotatable bonds is 2. The predicted octanol–water partition coefficient (Wildman–Crippen LogP) is 3.07. The number of ketones is 1. The lowest BCUT2D eigenvalue weighted by Crippen LogP contribution is -2.03. The lowest BCUT2D eigenvalue weighted by molar-refractivity contribution is 0.103. The van der Waals surface area contributed by atoms with E-state index in [1.807, 2.05) is 6.07 Å². The molecular formula is C14H7F2NO. The minimum atomic E-state index is -0.810. The summed E-state index contributed by atoms with van der Waals surface area (Å²) in [7, 11) is 0. The fourth-order valence-electron chi connectivity index (χ4n) is 1.58. The Balaban J connectivity index is 2.45. The van der Waals surface area contributed by atoms with Crippen LogP contribution in [0.5, 0.6) is 0 Å². The molecule has 0 spiro atoms. The van der Waals surface area contributed by atoms with Gasteiger partial charge in [0.25, 0.3) is 0 Å². The van der Waals surface area contributed by atoms with Crippen molar-refractivity contribution in [2.75, 3.05) is 0 Å². The molecule has 18 heavy (non-hydrogen) atoms. The summed E-state index contributed by atoms with van der Waals surface area (Å²) >= 11 is 0. The number of nitrogens with zero attached hydrogens (tertiary/aromatic N) is 1. The molecule has 2 aromatic rings. The van der Waals surface area contributed by atoms with Crippen LogP contribution in [0.15, 0.2) is 42.5 Å². The highest BCUT2D eigenvalue weighted by Crippen LogP contribution is 2.14. The Morgan fingerprint density at radius 1 is 1.00 bits per heavy atom. The summed E-state index contributed by atoms with van der Waals surface area (Å²) in [6, 6.07) is 10.5. The zero-order valence-electron chi connectivity index (χ0n) is 9.15. The summed E-state index contributed by atoms with van der Waals surface area (Å²) < 4.78 is 26.0. The first-order valence-electron chi connectivity index (χ1n) is 5.11. The average molecular weight is 243 g/mol. The molecule has 0 bridgehead atoms. The van der Waals surface area contributed by atoms with Gasteiger partial charge in [-0.1, -0.05) is 12.1 Å². The third-order valence-corrected chi connectivity index (χ3v) is 2.38. The Bertz CT molecular complexity index is 639. The molecule has 0 radical (unpaired) electrons. The lowest BCUT2D eigenvalue weighted by Gasteiger charge is -2.02.